The maximum Gasteiger partial charge on any atom is 0.214 e. The summed E-state index contributed by atoms with van der Waals surface area (Å²) in [4.78, 5) is 7.68. The molecule has 1 aliphatic heterocycles. The van der Waals surface area contributed by atoms with Crippen LogP contribution in [0, 0.1) is 13.8 Å². The van der Waals surface area contributed by atoms with Crippen LogP contribution in [0.1, 0.15) is 22.3 Å². The largest absolute Gasteiger partial charge is 0.493 e. The second-order valence-corrected chi connectivity index (χ2v) is 6.97. The third kappa shape index (κ3) is 3.28. The van der Waals surface area contributed by atoms with Gasteiger partial charge >= 0.3 is 0 Å². The molecule has 1 N–H and O–H groups in total. The van der Waals surface area contributed by atoms with Crippen LogP contribution in [0.25, 0.3) is 0 Å². The van der Waals surface area contributed by atoms with E-state index in [9.17, 15) is 5.11 Å². The summed E-state index contributed by atoms with van der Waals surface area (Å²) in [5, 5.41) is 9.75. The van der Waals surface area contributed by atoms with Crippen molar-refractivity contribution in [1.82, 2.24) is 9.88 Å². The van der Waals surface area contributed by atoms with Gasteiger partial charge in [-0.05, 0) is 37.0 Å². The van der Waals surface area contributed by atoms with Gasteiger partial charge in [-0.3, -0.25) is 4.90 Å². The summed E-state index contributed by atoms with van der Waals surface area (Å²) in [6.07, 6.45) is 2.90. The zero-order valence-corrected chi connectivity index (χ0v) is 14.0. The SMILES string of the molecule is Cc1cnc(O)c(C)c1SCCN1CCc2ccccc2C1. The number of hydrogen-bond donors (Lipinski definition) is 1. The number of rotatable bonds is 4. The van der Waals surface area contributed by atoms with Crippen LogP contribution in [0.3, 0.4) is 0 Å². The number of hydrogen-bond acceptors (Lipinski definition) is 4. The number of pyridine rings is 1. The molecule has 0 fully saturated rings. The van der Waals surface area contributed by atoms with Gasteiger partial charge in [-0.2, -0.15) is 0 Å². The smallest absolute Gasteiger partial charge is 0.214 e. The van der Waals surface area contributed by atoms with Crippen LogP contribution in [0.2, 0.25) is 0 Å². The number of thioether (sulfide) groups is 1. The number of aryl methyl sites for hydroxylation is 1. The summed E-state index contributed by atoms with van der Waals surface area (Å²) < 4.78 is 0. The predicted octanol–water partition coefficient (Wildman–Crippen LogP) is 3.55. The molecular formula is C18H22N2OS. The molecule has 1 aromatic carbocycles. The van der Waals surface area contributed by atoms with Crippen LogP contribution in [0.15, 0.2) is 35.4 Å². The fourth-order valence-corrected chi connectivity index (χ4v) is 4.10. The molecule has 4 heteroatoms. The van der Waals surface area contributed by atoms with E-state index in [4.69, 9.17) is 0 Å². The van der Waals surface area contributed by atoms with Gasteiger partial charge in [0, 0.05) is 42.0 Å². The number of benzene rings is 1. The van der Waals surface area contributed by atoms with Crippen molar-refractivity contribution in [3.05, 3.63) is 52.7 Å². The Morgan fingerprint density at radius 2 is 2.00 bits per heavy atom. The standard InChI is InChI=1S/C18H22N2OS/c1-13-11-19-18(21)14(2)17(13)22-10-9-20-8-7-15-5-3-4-6-16(15)12-20/h3-6,11H,7-10,12H2,1-2H3,(H,19,21). The first-order chi connectivity index (χ1) is 10.6. The Hall–Kier alpha value is -1.52. The van der Waals surface area contributed by atoms with Crippen molar-refractivity contribution in [2.24, 2.45) is 0 Å². The molecule has 2 heterocycles. The lowest BCUT2D eigenvalue weighted by Crippen LogP contribution is -2.32. The minimum absolute atomic E-state index is 0.153. The van der Waals surface area contributed by atoms with Gasteiger partial charge in [0.15, 0.2) is 0 Å². The quantitative estimate of drug-likeness (QED) is 0.876. The monoisotopic (exact) mass is 314 g/mol. The molecule has 1 aliphatic rings. The van der Waals surface area contributed by atoms with Crippen LogP contribution in [-0.4, -0.2) is 33.8 Å². The highest BCUT2D eigenvalue weighted by molar-refractivity contribution is 7.99. The Morgan fingerprint density at radius 1 is 1.23 bits per heavy atom. The van der Waals surface area contributed by atoms with Crippen molar-refractivity contribution in [3.63, 3.8) is 0 Å². The van der Waals surface area contributed by atoms with Gasteiger partial charge in [0.25, 0.3) is 0 Å². The van der Waals surface area contributed by atoms with E-state index in [1.807, 2.05) is 18.7 Å². The van der Waals surface area contributed by atoms with Gasteiger partial charge in [0.2, 0.25) is 5.88 Å². The molecule has 0 spiro atoms. The Bertz CT molecular complexity index is 672. The van der Waals surface area contributed by atoms with Gasteiger partial charge in [-0.25, -0.2) is 4.98 Å². The maximum atomic E-state index is 9.75. The molecule has 0 amide bonds. The molecule has 0 radical (unpaired) electrons. The first-order valence-corrected chi connectivity index (χ1v) is 8.71. The summed E-state index contributed by atoms with van der Waals surface area (Å²) >= 11 is 1.82. The van der Waals surface area contributed by atoms with Crippen LogP contribution < -0.4 is 0 Å². The molecular weight excluding hydrogens is 292 g/mol. The van der Waals surface area contributed by atoms with E-state index in [-0.39, 0.29) is 5.88 Å². The van der Waals surface area contributed by atoms with Crippen molar-refractivity contribution in [2.45, 2.75) is 31.7 Å². The average molecular weight is 314 g/mol. The minimum atomic E-state index is 0.153. The Kier molecular flexibility index (Phi) is 4.69. The summed E-state index contributed by atoms with van der Waals surface area (Å²) in [5.74, 6) is 1.19. The zero-order valence-electron chi connectivity index (χ0n) is 13.2. The lowest BCUT2D eigenvalue weighted by atomic mass is 10.0. The van der Waals surface area contributed by atoms with Crippen molar-refractivity contribution >= 4 is 11.8 Å². The summed E-state index contributed by atoms with van der Waals surface area (Å²) in [6, 6.07) is 8.74. The van der Waals surface area contributed by atoms with Crippen molar-refractivity contribution in [1.29, 1.82) is 0 Å². The highest BCUT2D eigenvalue weighted by Crippen LogP contribution is 2.30. The van der Waals surface area contributed by atoms with Crippen LogP contribution in [0.4, 0.5) is 0 Å². The van der Waals surface area contributed by atoms with E-state index >= 15 is 0 Å². The molecule has 0 bridgehead atoms. The lowest BCUT2D eigenvalue weighted by Gasteiger charge is -2.28. The molecule has 0 saturated heterocycles. The Labute approximate surface area is 136 Å². The van der Waals surface area contributed by atoms with Crippen LogP contribution >= 0.6 is 11.8 Å². The fraction of sp³-hybridized carbons (Fsp3) is 0.389. The average Bonchev–Trinajstić information content (AvgIpc) is 2.54. The van der Waals surface area contributed by atoms with E-state index in [2.05, 4.69) is 41.1 Å². The molecule has 0 saturated carbocycles. The van der Waals surface area contributed by atoms with E-state index in [0.717, 1.165) is 42.9 Å². The molecule has 1 aromatic heterocycles. The van der Waals surface area contributed by atoms with Crippen LogP contribution in [0.5, 0.6) is 5.88 Å². The van der Waals surface area contributed by atoms with E-state index in [0.29, 0.717) is 0 Å². The Balaban J connectivity index is 1.58. The Morgan fingerprint density at radius 3 is 2.82 bits per heavy atom. The molecule has 0 unspecified atom stereocenters. The van der Waals surface area contributed by atoms with E-state index in [1.165, 1.54) is 16.0 Å². The molecule has 22 heavy (non-hydrogen) atoms. The predicted molar refractivity (Wildman–Crippen MR) is 91.5 cm³/mol. The zero-order chi connectivity index (χ0) is 15.5. The topological polar surface area (TPSA) is 36.4 Å². The highest BCUT2D eigenvalue weighted by Gasteiger charge is 2.16. The second-order valence-electron chi connectivity index (χ2n) is 5.86. The van der Waals surface area contributed by atoms with E-state index in [1.54, 1.807) is 6.20 Å². The highest BCUT2D eigenvalue weighted by atomic mass is 32.2. The summed E-state index contributed by atoms with van der Waals surface area (Å²) in [7, 11) is 0. The van der Waals surface area contributed by atoms with Crippen molar-refractivity contribution in [2.75, 3.05) is 18.8 Å². The fourth-order valence-electron chi connectivity index (χ4n) is 2.95. The van der Waals surface area contributed by atoms with Crippen LogP contribution in [-0.2, 0) is 13.0 Å². The molecule has 0 atom stereocenters. The molecule has 3 nitrogen and oxygen atoms in total. The van der Waals surface area contributed by atoms with Gasteiger partial charge < -0.3 is 5.11 Å². The number of aromatic hydroxyl groups is 1. The first-order valence-electron chi connectivity index (χ1n) is 7.72. The minimum Gasteiger partial charge on any atom is -0.493 e. The van der Waals surface area contributed by atoms with Gasteiger partial charge in [0.05, 0.1) is 0 Å². The molecule has 116 valence electrons. The molecule has 2 aromatic rings. The maximum absolute atomic E-state index is 9.75. The van der Waals surface area contributed by atoms with Crippen molar-refractivity contribution < 1.29 is 5.11 Å². The molecule has 3 rings (SSSR count). The van der Waals surface area contributed by atoms with Gasteiger partial charge in [-0.15, -0.1) is 11.8 Å². The number of fused-ring (bicyclic) bond motifs is 1. The van der Waals surface area contributed by atoms with Gasteiger partial charge in [0.1, 0.15) is 0 Å². The van der Waals surface area contributed by atoms with E-state index < -0.39 is 0 Å². The first kappa shape index (κ1) is 15.4. The lowest BCUT2D eigenvalue weighted by molar-refractivity contribution is 0.270. The molecule has 0 aliphatic carbocycles. The summed E-state index contributed by atoms with van der Waals surface area (Å²) in [6.45, 7) is 7.25. The second kappa shape index (κ2) is 6.71. The summed E-state index contributed by atoms with van der Waals surface area (Å²) in [5.41, 5.74) is 5.00. The number of nitrogens with zero attached hydrogens (tertiary/aromatic N) is 2. The number of aromatic nitrogens is 1. The van der Waals surface area contributed by atoms with Crippen molar-refractivity contribution in [3.8, 4) is 5.88 Å². The van der Waals surface area contributed by atoms with Gasteiger partial charge in [-0.1, -0.05) is 24.3 Å². The third-order valence-corrected chi connectivity index (χ3v) is 5.58. The third-order valence-electron chi connectivity index (χ3n) is 4.28. The normalized spacial score (nSPS) is 14.8.